The average Bonchev–Trinajstić information content (AvgIpc) is 2.39. The number of hydrogen-bond donors (Lipinski definition) is 2. The fraction of sp³-hybridized carbons (Fsp3) is 0.917. The van der Waals surface area contributed by atoms with Gasteiger partial charge in [0.1, 0.15) is 0 Å². The van der Waals surface area contributed by atoms with E-state index < -0.39 is 0 Å². The summed E-state index contributed by atoms with van der Waals surface area (Å²) in [4.78, 5) is 14.0. The summed E-state index contributed by atoms with van der Waals surface area (Å²) in [5, 5.41) is 12.5. The van der Waals surface area contributed by atoms with E-state index in [1.165, 1.54) is 0 Å². The van der Waals surface area contributed by atoms with Crippen molar-refractivity contribution in [1.82, 2.24) is 10.2 Å². The summed E-state index contributed by atoms with van der Waals surface area (Å²) in [6.45, 7) is 4.05. The third-order valence-corrected chi connectivity index (χ3v) is 4.43. The molecule has 6 heteroatoms. The second kappa shape index (κ2) is 6.75. The van der Waals surface area contributed by atoms with Crippen LogP contribution in [0.1, 0.15) is 13.3 Å². The summed E-state index contributed by atoms with van der Waals surface area (Å²) in [7, 11) is 0. The number of thioether (sulfide) groups is 1. The molecule has 2 aliphatic rings. The van der Waals surface area contributed by atoms with E-state index in [4.69, 9.17) is 9.84 Å². The van der Waals surface area contributed by atoms with Gasteiger partial charge in [0.15, 0.2) is 0 Å². The Hall–Kier alpha value is -0.300. The summed E-state index contributed by atoms with van der Waals surface area (Å²) in [5.41, 5.74) is 0. The smallest absolute Gasteiger partial charge is 0.224 e. The first-order valence-corrected chi connectivity index (χ1v) is 7.69. The van der Waals surface area contributed by atoms with Crippen LogP contribution in [-0.2, 0) is 9.53 Å². The molecule has 5 nitrogen and oxygen atoms in total. The lowest BCUT2D eigenvalue weighted by Gasteiger charge is -2.37. The predicted molar refractivity (Wildman–Crippen MR) is 71.7 cm³/mol. The lowest BCUT2D eigenvalue weighted by molar-refractivity contribution is -0.147. The monoisotopic (exact) mass is 274 g/mol. The highest BCUT2D eigenvalue weighted by molar-refractivity contribution is 7.99. The van der Waals surface area contributed by atoms with Crippen LogP contribution in [0.15, 0.2) is 0 Å². The minimum atomic E-state index is -0.230. The second-order valence-corrected chi connectivity index (χ2v) is 6.13. The van der Waals surface area contributed by atoms with E-state index in [0.717, 1.165) is 18.1 Å². The zero-order chi connectivity index (χ0) is 13.0. The van der Waals surface area contributed by atoms with Crippen LogP contribution in [-0.4, -0.2) is 71.9 Å². The predicted octanol–water partition coefficient (Wildman–Crippen LogP) is -0.310. The van der Waals surface area contributed by atoms with Crippen LogP contribution in [0, 0.1) is 0 Å². The molecule has 2 aliphatic heterocycles. The lowest BCUT2D eigenvalue weighted by Crippen LogP contribution is -2.52. The molecule has 2 saturated heterocycles. The van der Waals surface area contributed by atoms with Crippen LogP contribution in [0.5, 0.6) is 0 Å². The van der Waals surface area contributed by atoms with E-state index in [9.17, 15) is 4.79 Å². The van der Waals surface area contributed by atoms with Gasteiger partial charge < -0.3 is 20.1 Å². The normalized spacial score (nSPS) is 33.4. The third kappa shape index (κ3) is 3.85. The van der Waals surface area contributed by atoms with Gasteiger partial charge in [-0.2, -0.15) is 11.8 Å². The Bertz CT molecular complexity index is 284. The van der Waals surface area contributed by atoms with Crippen LogP contribution in [0.25, 0.3) is 0 Å². The first kappa shape index (κ1) is 14.1. The largest absolute Gasteiger partial charge is 0.394 e. The number of carbonyl (C=O) groups is 1. The van der Waals surface area contributed by atoms with Crippen LogP contribution < -0.4 is 5.32 Å². The van der Waals surface area contributed by atoms with Gasteiger partial charge in [-0.1, -0.05) is 0 Å². The highest BCUT2D eigenvalue weighted by atomic mass is 32.2. The molecule has 3 unspecified atom stereocenters. The van der Waals surface area contributed by atoms with Crippen molar-refractivity contribution in [3.05, 3.63) is 0 Å². The number of morpholine rings is 1. The number of ether oxygens (including phenoxy) is 1. The fourth-order valence-corrected chi connectivity index (χ4v) is 3.39. The molecule has 0 aromatic carbocycles. The van der Waals surface area contributed by atoms with Crippen LogP contribution in [0.4, 0.5) is 0 Å². The third-order valence-electron chi connectivity index (χ3n) is 3.30. The first-order valence-electron chi connectivity index (χ1n) is 6.54. The zero-order valence-corrected chi connectivity index (χ0v) is 11.6. The fourth-order valence-electron chi connectivity index (χ4n) is 2.44. The average molecular weight is 274 g/mol. The molecule has 2 heterocycles. The highest BCUT2D eigenvalue weighted by Crippen LogP contribution is 2.15. The molecule has 0 spiro atoms. The number of aliphatic hydroxyl groups is 1. The van der Waals surface area contributed by atoms with Crippen molar-refractivity contribution in [2.24, 2.45) is 0 Å². The molecule has 0 radical (unpaired) electrons. The maximum Gasteiger partial charge on any atom is 0.224 e. The molecule has 0 saturated carbocycles. The molecule has 2 rings (SSSR count). The molecule has 104 valence electrons. The number of aliphatic hydroxyl groups excluding tert-OH is 1. The zero-order valence-electron chi connectivity index (χ0n) is 10.8. The van der Waals surface area contributed by atoms with Crippen LogP contribution in [0.2, 0.25) is 0 Å². The van der Waals surface area contributed by atoms with E-state index in [1.54, 1.807) is 0 Å². The quantitative estimate of drug-likeness (QED) is 0.739. The molecule has 18 heavy (non-hydrogen) atoms. The summed E-state index contributed by atoms with van der Waals surface area (Å²) in [6.07, 6.45) is 0.331. The van der Waals surface area contributed by atoms with Gasteiger partial charge in [-0.15, -0.1) is 0 Å². The summed E-state index contributed by atoms with van der Waals surface area (Å²) >= 11 is 1.90. The Morgan fingerprint density at radius 3 is 3.06 bits per heavy atom. The Balaban J connectivity index is 1.83. The van der Waals surface area contributed by atoms with E-state index in [-0.39, 0.29) is 24.7 Å². The van der Waals surface area contributed by atoms with Crippen molar-refractivity contribution in [2.45, 2.75) is 31.6 Å². The van der Waals surface area contributed by atoms with Crippen molar-refractivity contribution in [2.75, 3.05) is 37.7 Å². The van der Waals surface area contributed by atoms with Gasteiger partial charge in [0.05, 0.1) is 18.8 Å². The summed E-state index contributed by atoms with van der Waals surface area (Å²) in [6, 6.07) is 0.293. The summed E-state index contributed by atoms with van der Waals surface area (Å²) < 4.78 is 5.54. The number of carbonyl (C=O) groups excluding carboxylic acids is 1. The standard InChI is InChI=1S/C12H22N2O3S/c1-9-5-14(6-11(7-15)17-9)12(16)4-10-8-18-3-2-13-10/h9-11,13,15H,2-8H2,1H3. The second-order valence-electron chi connectivity index (χ2n) is 4.98. The summed E-state index contributed by atoms with van der Waals surface area (Å²) in [5.74, 6) is 2.31. The topological polar surface area (TPSA) is 61.8 Å². The molecule has 0 aromatic heterocycles. The molecule has 1 amide bonds. The molecular formula is C12H22N2O3S. The molecule has 2 N–H and O–H groups in total. The maximum atomic E-state index is 12.2. The van der Waals surface area contributed by atoms with Gasteiger partial charge in [-0.3, -0.25) is 4.79 Å². The van der Waals surface area contributed by atoms with E-state index in [0.29, 0.717) is 25.6 Å². The lowest BCUT2D eigenvalue weighted by atomic mass is 10.1. The number of amides is 1. The molecule has 2 fully saturated rings. The molecular weight excluding hydrogens is 252 g/mol. The van der Waals surface area contributed by atoms with Crippen molar-refractivity contribution in [3.8, 4) is 0 Å². The Kier molecular flexibility index (Phi) is 5.29. The number of hydrogen-bond acceptors (Lipinski definition) is 5. The van der Waals surface area contributed by atoms with Crippen LogP contribution >= 0.6 is 11.8 Å². The van der Waals surface area contributed by atoms with Gasteiger partial charge >= 0.3 is 0 Å². The van der Waals surface area contributed by atoms with Crippen molar-refractivity contribution in [1.29, 1.82) is 0 Å². The first-order chi connectivity index (χ1) is 8.69. The maximum absolute atomic E-state index is 12.2. The van der Waals surface area contributed by atoms with Gasteiger partial charge in [-0.25, -0.2) is 0 Å². The minimum Gasteiger partial charge on any atom is -0.394 e. The number of nitrogens with zero attached hydrogens (tertiary/aromatic N) is 1. The van der Waals surface area contributed by atoms with E-state index in [2.05, 4.69) is 5.32 Å². The van der Waals surface area contributed by atoms with E-state index in [1.807, 2.05) is 23.6 Å². The van der Waals surface area contributed by atoms with Crippen LogP contribution in [0.3, 0.4) is 0 Å². The van der Waals surface area contributed by atoms with Crippen molar-refractivity contribution in [3.63, 3.8) is 0 Å². The number of rotatable bonds is 3. The minimum absolute atomic E-state index is 0.00791. The molecule has 0 aromatic rings. The molecule has 0 aliphatic carbocycles. The van der Waals surface area contributed by atoms with Gasteiger partial charge in [0.2, 0.25) is 5.91 Å². The molecule has 0 bridgehead atoms. The Labute approximate surface area is 112 Å². The van der Waals surface area contributed by atoms with Gasteiger partial charge in [0, 0.05) is 43.6 Å². The molecule has 3 atom stereocenters. The Morgan fingerprint density at radius 1 is 1.56 bits per heavy atom. The van der Waals surface area contributed by atoms with Gasteiger partial charge in [-0.05, 0) is 6.92 Å². The van der Waals surface area contributed by atoms with Gasteiger partial charge in [0.25, 0.3) is 0 Å². The SMILES string of the molecule is CC1CN(C(=O)CC2CSCCN2)CC(CO)O1. The van der Waals surface area contributed by atoms with Crippen molar-refractivity contribution >= 4 is 17.7 Å². The Morgan fingerprint density at radius 2 is 2.39 bits per heavy atom. The van der Waals surface area contributed by atoms with E-state index >= 15 is 0 Å². The van der Waals surface area contributed by atoms with Crippen molar-refractivity contribution < 1.29 is 14.6 Å². The highest BCUT2D eigenvalue weighted by Gasteiger charge is 2.29. The number of nitrogens with one attached hydrogen (secondary N) is 1.